The van der Waals surface area contributed by atoms with Gasteiger partial charge in [0.25, 0.3) is 5.09 Å². The van der Waals surface area contributed by atoms with Crippen LogP contribution in [0.25, 0.3) is 0 Å². The molecule has 0 atom stereocenters. The van der Waals surface area contributed by atoms with E-state index in [0.29, 0.717) is 0 Å². The number of esters is 1. The van der Waals surface area contributed by atoms with Crippen molar-refractivity contribution in [2.45, 2.75) is 6.42 Å². The van der Waals surface area contributed by atoms with Gasteiger partial charge in [-0.05, 0) is 24.3 Å². The average molecular weight is 332 g/mol. The minimum atomic E-state index is -1.25. The van der Waals surface area contributed by atoms with Crippen LogP contribution in [0.1, 0.15) is 26.3 Å². The van der Waals surface area contributed by atoms with Crippen LogP contribution in [-0.4, -0.2) is 33.7 Å². The lowest BCUT2D eigenvalue weighted by Crippen LogP contribution is -2.14. The zero-order chi connectivity index (χ0) is 17.5. The molecule has 1 N–H and O–H groups in total. The van der Waals surface area contributed by atoms with Gasteiger partial charge in [0.1, 0.15) is 12.4 Å². The Labute approximate surface area is 135 Å². The number of rotatable bonds is 7. The first kappa shape index (κ1) is 16.9. The molecule has 0 saturated heterocycles. The van der Waals surface area contributed by atoms with Gasteiger partial charge in [0.15, 0.2) is 0 Å². The highest BCUT2D eigenvalue weighted by atomic mass is 16.9. The third-order valence-corrected chi connectivity index (χ3v) is 3.01. The van der Waals surface area contributed by atoms with Crippen molar-refractivity contribution in [2.24, 2.45) is 0 Å². The van der Waals surface area contributed by atoms with Crippen LogP contribution in [0.2, 0.25) is 0 Å². The van der Waals surface area contributed by atoms with Gasteiger partial charge < -0.3 is 14.7 Å². The number of ether oxygens (including phenoxy) is 1. The molecule has 0 aliphatic carbocycles. The first-order valence-electron chi connectivity index (χ1n) is 6.73. The van der Waals surface area contributed by atoms with Crippen LogP contribution in [0.15, 0.2) is 42.7 Å². The minimum absolute atomic E-state index is 0.00398. The van der Waals surface area contributed by atoms with Crippen LogP contribution in [0, 0.1) is 10.1 Å². The van der Waals surface area contributed by atoms with Crippen molar-refractivity contribution < 1.29 is 29.4 Å². The molecule has 0 fully saturated rings. The number of pyridine rings is 1. The number of benzene rings is 1. The quantitative estimate of drug-likeness (QED) is 0.351. The summed E-state index contributed by atoms with van der Waals surface area (Å²) in [5.74, 6) is -1.97. The number of aromatic carboxylic acids is 1. The van der Waals surface area contributed by atoms with E-state index in [0.717, 1.165) is 0 Å². The largest absolute Gasteiger partial charge is 0.478 e. The van der Waals surface area contributed by atoms with E-state index in [1.807, 2.05) is 0 Å². The number of carbonyl (C=O) groups excluding carboxylic acids is 1. The lowest BCUT2D eigenvalue weighted by molar-refractivity contribution is -0.757. The summed E-state index contributed by atoms with van der Waals surface area (Å²) in [6.07, 6.45) is 2.68. The van der Waals surface area contributed by atoms with E-state index in [1.165, 1.54) is 36.7 Å². The van der Waals surface area contributed by atoms with Crippen LogP contribution in [0.4, 0.5) is 0 Å². The van der Waals surface area contributed by atoms with Gasteiger partial charge in [-0.3, -0.25) is 4.98 Å². The van der Waals surface area contributed by atoms with Crippen molar-refractivity contribution in [2.75, 3.05) is 6.61 Å². The van der Waals surface area contributed by atoms with E-state index >= 15 is 0 Å². The zero-order valence-corrected chi connectivity index (χ0v) is 12.2. The van der Waals surface area contributed by atoms with Crippen LogP contribution >= 0.6 is 0 Å². The molecule has 24 heavy (non-hydrogen) atoms. The van der Waals surface area contributed by atoms with Crippen molar-refractivity contribution in [1.82, 2.24) is 4.98 Å². The molecule has 1 aromatic heterocycles. The van der Waals surface area contributed by atoms with Crippen molar-refractivity contribution in [3.63, 3.8) is 0 Å². The van der Waals surface area contributed by atoms with Crippen molar-refractivity contribution in [1.29, 1.82) is 0 Å². The Hall–Kier alpha value is -3.49. The monoisotopic (exact) mass is 332 g/mol. The normalized spacial score (nSPS) is 10.0. The molecule has 9 nitrogen and oxygen atoms in total. The summed E-state index contributed by atoms with van der Waals surface area (Å²) < 4.78 is 5.21. The number of hydrogen-bond donors (Lipinski definition) is 1. The number of carboxylic acid groups (broad SMARTS) is 1. The van der Waals surface area contributed by atoms with Crippen LogP contribution < -0.4 is 4.74 Å². The second-order valence-corrected chi connectivity index (χ2v) is 4.53. The fourth-order valence-corrected chi connectivity index (χ4v) is 1.98. The van der Waals surface area contributed by atoms with E-state index in [1.54, 1.807) is 6.07 Å². The number of carboxylic acids is 1. The average Bonchev–Trinajstić information content (AvgIpc) is 2.56. The highest BCUT2D eigenvalue weighted by molar-refractivity contribution is 5.93. The molecule has 124 valence electrons. The molecule has 0 aliphatic heterocycles. The van der Waals surface area contributed by atoms with E-state index in [2.05, 4.69) is 9.82 Å². The Morgan fingerprint density at radius 1 is 1.25 bits per heavy atom. The summed E-state index contributed by atoms with van der Waals surface area (Å²) in [6.45, 7) is -0.366. The SMILES string of the molecule is O=C(Oc1cccc(C(=O)O)c1CCO[N+](=O)[O-])c1cccnc1. The van der Waals surface area contributed by atoms with Gasteiger partial charge in [0, 0.05) is 24.4 Å². The third kappa shape index (κ3) is 4.26. The molecule has 1 heterocycles. The van der Waals surface area contributed by atoms with E-state index in [-0.39, 0.29) is 35.5 Å². The third-order valence-electron chi connectivity index (χ3n) is 3.01. The van der Waals surface area contributed by atoms with Gasteiger partial charge >= 0.3 is 11.9 Å². The molecule has 0 aliphatic rings. The topological polar surface area (TPSA) is 129 Å². The molecule has 9 heteroatoms. The summed E-state index contributed by atoms with van der Waals surface area (Å²) in [5.41, 5.74) is 0.188. The maximum atomic E-state index is 12.1. The maximum absolute atomic E-state index is 12.1. The highest BCUT2D eigenvalue weighted by Crippen LogP contribution is 2.24. The predicted octanol–water partition coefficient (Wildman–Crippen LogP) is 1.75. The van der Waals surface area contributed by atoms with Gasteiger partial charge in [-0.25, -0.2) is 9.59 Å². The molecule has 2 rings (SSSR count). The fourth-order valence-electron chi connectivity index (χ4n) is 1.98. The van der Waals surface area contributed by atoms with Crippen molar-refractivity contribution >= 4 is 11.9 Å². The molecule has 0 radical (unpaired) electrons. The van der Waals surface area contributed by atoms with Gasteiger partial charge in [-0.1, -0.05) is 6.07 Å². The molecule has 2 aromatic rings. The molecule has 0 spiro atoms. The van der Waals surface area contributed by atoms with Crippen LogP contribution in [-0.2, 0) is 11.3 Å². The molecule has 1 aromatic carbocycles. The summed E-state index contributed by atoms with van der Waals surface area (Å²) in [4.78, 5) is 41.6. The Bertz CT molecular complexity index is 762. The molecule has 0 saturated carbocycles. The summed E-state index contributed by atoms with van der Waals surface area (Å²) in [5, 5.41) is 18.5. The van der Waals surface area contributed by atoms with Gasteiger partial charge in [-0.2, -0.15) is 0 Å². The molecule has 0 unspecified atom stereocenters. The summed E-state index contributed by atoms with van der Waals surface area (Å²) in [7, 11) is 0. The van der Waals surface area contributed by atoms with E-state index < -0.39 is 17.0 Å². The Balaban J connectivity index is 2.27. The molecular formula is C15H12N2O7. The first-order valence-corrected chi connectivity index (χ1v) is 6.73. The lowest BCUT2D eigenvalue weighted by atomic mass is 10.0. The zero-order valence-electron chi connectivity index (χ0n) is 12.2. The smallest absolute Gasteiger partial charge is 0.345 e. The number of carbonyl (C=O) groups is 2. The van der Waals surface area contributed by atoms with Crippen LogP contribution in [0.3, 0.4) is 0 Å². The second kappa shape index (κ2) is 7.68. The van der Waals surface area contributed by atoms with E-state index in [9.17, 15) is 24.8 Å². The van der Waals surface area contributed by atoms with Gasteiger partial charge in [-0.15, -0.1) is 10.1 Å². The Kier molecular flexibility index (Phi) is 5.40. The van der Waals surface area contributed by atoms with Gasteiger partial charge in [0.2, 0.25) is 0 Å². The summed E-state index contributed by atoms with van der Waals surface area (Å²) in [6, 6.07) is 7.17. The number of aromatic nitrogens is 1. The second-order valence-electron chi connectivity index (χ2n) is 4.53. The lowest BCUT2D eigenvalue weighted by Gasteiger charge is -2.12. The number of hydrogen-bond acceptors (Lipinski definition) is 7. The number of nitrogens with zero attached hydrogens (tertiary/aromatic N) is 2. The Morgan fingerprint density at radius 2 is 2.04 bits per heavy atom. The van der Waals surface area contributed by atoms with Crippen LogP contribution in [0.5, 0.6) is 5.75 Å². The first-order chi connectivity index (χ1) is 11.5. The van der Waals surface area contributed by atoms with E-state index in [4.69, 9.17) is 4.74 Å². The molecule has 0 amide bonds. The fraction of sp³-hybridized carbons (Fsp3) is 0.133. The minimum Gasteiger partial charge on any atom is -0.478 e. The van der Waals surface area contributed by atoms with Crippen molar-refractivity contribution in [3.8, 4) is 5.75 Å². The molecule has 0 bridgehead atoms. The molecular weight excluding hydrogens is 320 g/mol. The summed E-state index contributed by atoms with van der Waals surface area (Å²) >= 11 is 0. The van der Waals surface area contributed by atoms with Crippen molar-refractivity contribution in [3.05, 3.63) is 69.5 Å². The van der Waals surface area contributed by atoms with Gasteiger partial charge in [0.05, 0.1) is 11.1 Å². The standard InChI is InChI=1S/C15H12N2O7/c18-14(19)12-4-1-5-13(11(12)6-8-23-17(21)22)24-15(20)10-3-2-7-16-9-10/h1-5,7,9H,6,8H2,(H,18,19). The maximum Gasteiger partial charge on any atom is 0.345 e. The highest BCUT2D eigenvalue weighted by Gasteiger charge is 2.18. The Morgan fingerprint density at radius 3 is 2.67 bits per heavy atom. The predicted molar refractivity (Wildman–Crippen MR) is 79.2 cm³/mol.